The third-order valence-corrected chi connectivity index (χ3v) is 3.54. The molecule has 0 saturated heterocycles. The Labute approximate surface area is 103 Å². The van der Waals surface area contributed by atoms with Crippen LogP contribution in [0.4, 0.5) is 0 Å². The van der Waals surface area contributed by atoms with Gasteiger partial charge in [-0.2, -0.15) is 0 Å². The first-order valence-electron chi connectivity index (χ1n) is 5.88. The summed E-state index contributed by atoms with van der Waals surface area (Å²) >= 11 is 0. The highest BCUT2D eigenvalue weighted by Crippen LogP contribution is 2.27. The molecule has 0 radical (unpaired) electrons. The summed E-state index contributed by atoms with van der Waals surface area (Å²) in [5, 5.41) is 0. The topological polar surface area (TPSA) is 25.8 Å². The predicted octanol–water partition coefficient (Wildman–Crippen LogP) is 3.69. The number of hydrogen-bond donors (Lipinski definition) is 0. The van der Waals surface area contributed by atoms with E-state index in [9.17, 15) is 0 Å². The van der Waals surface area contributed by atoms with Crippen LogP contribution in [0.25, 0.3) is 11.4 Å². The fraction of sp³-hybridized carbons (Fsp3) is 0.333. The Morgan fingerprint density at radius 1 is 0.824 bits per heavy atom. The zero-order chi connectivity index (χ0) is 12.6. The van der Waals surface area contributed by atoms with Gasteiger partial charge in [-0.3, -0.25) is 9.97 Å². The zero-order valence-electron chi connectivity index (χ0n) is 11.1. The van der Waals surface area contributed by atoms with E-state index in [1.54, 1.807) is 0 Å². The van der Waals surface area contributed by atoms with Crippen molar-refractivity contribution in [2.24, 2.45) is 0 Å². The molecule has 0 fully saturated rings. The maximum atomic E-state index is 4.70. The van der Waals surface area contributed by atoms with Crippen LogP contribution in [0.5, 0.6) is 0 Å². The van der Waals surface area contributed by atoms with Gasteiger partial charge in [-0.15, -0.1) is 0 Å². The molecule has 2 heterocycles. The van der Waals surface area contributed by atoms with Crippen LogP contribution in [0.15, 0.2) is 18.3 Å². The Bertz CT molecular complexity index is 571. The first-order valence-corrected chi connectivity index (χ1v) is 5.88. The molecule has 0 aromatic carbocycles. The average Bonchev–Trinajstić information content (AvgIpc) is 2.32. The molecule has 0 unspecified atom stereocenters. The normalized spacial score (nSPS) is 10.6. The SMILES string of the molecule is Cc1cccnc1-c1nc(C)c(C)c(C)c1C. The lowest BCUT2D eigenvalue weighted by Gasteiger charge is -2.13. The van der Waals surface area contributed by atoms with Gasteiger partial charge in [-0.25, -0.2) is 0 Å². The van der Waals surface area contributed by atoms with Crippen molar-refractivity contribution in [3.8, 4) is 11.4 Å². The summed E-state index contributed by atoms with van der Waals surface area (Å²) in [4.78, 5) is 9.16. The quantitative estimate of drug-likeness (QED) is 0.741. The van der Waals surface area contributed by atoms with Gasteiger partial charge in [0.2, 0.25) is 0 Å². The largest absolute Gasteiger partial charge is 0.254 e. The molecule has 2 nitrogen and oxygen atoms in total. The van der Waals surface area contributed by atoms with E-state index in [1.165, 1.54) is 22.3 Å². The van der Waals surface area contributed by atoms with Crippen LogP contribution in [0.3, 0.4) is 0 Å². The molecule has 0 bridgehead atoms. The van der Waals surface area contributed by atoms with Gasteiger partial charge < -0.3 is 0 Å². The highest BCUT2D eigenvalue weighted by atomic mass is 14.8. The third-order valence-electron chi connectivity index (χ3n) is 3.54. The Morgan fingerprint density at radius 2 is 1.53 bits per heavy atom. The van der Waals surface area contributed by atoms with Crippen molar-refractivity contribution < 1.29 is 0 Å². The van der Waals surface area contributed by atoms with Gasteiger partial charge in [0.15, 0.2) is 0 Å². The van der Waals surface area contributed by atoms with Crippen LogP contribution < -0.4 is 0 Å². The van der Waals surface area contributed by atoms with Gasteiger partial charge in [0.1, 0.15) is 0 Å². The van der Waals surface area contributed by atoms with Gasteiger partial charge in [0, 0.05) is 11.9 Å². The van der Waals surface area contributed by atoms with Gasteiger partial charge >= 0.3 is 0 Å². The monoisotopic (exact) mass is 226 g/mol. The third kappa shape index (κ3) is 1.95. The molecular weight excluding hydrogens is 208 g/mol. The molecule has 2 heteroatoms. The van der Waals surface area contributed by atoms with Crippen molar-refractivity contribution in [2.75, 3.05) is 0 Å². The molecule has 2 rings (SSSR count). The molecule has 0 N–H and O–H groups in total. The number of pyridine rings is 2. The maximum Gasteiger partial charge on any atom is 0.0924 e. The fourth-order valence-corrected chi connectivity index (χ4v) is 2.03. The minimum absolute atomic E-state index is 0.996. The molecular formula is C15H18N2. The van der Waals surface area contributed by atoms with Crippen LogP contribution in [0, 0.1) is 34.6 Å². The van der Waals surface area contributed by atoms with Crippen LogP contribution in [-0.4, -0.2) is 9.97 Å². The van der Waals surface area contributed by atoms with Crippen LogP contribution in [0.1, 0.15) is 27.9 Å². The van der Waals surface area contributed by atoms with E-state index in [-0.39, 0.29) is 0 Å². The summed E-state index contributed by atoms with van der Waals surface area (Å²) < 4.78 is 0. The van der Waals surface area contributed by atoms with Crippen LogP contribution >= 0.6 is 0 Å². The van der Waals surface area contributed by atoms with Crippen molar-refractivity contribution in [1.29, 1.82) is 0 Å². The lowest BCUT2D eigenvalue weighted by Crippen LogP contribution is -2.01. The number of rotatable bonds is 1. The van der Waals surface area contributed by atoms with Crippen molar-refractivity contribution >= 4 is 0 Å². The molecule has 88 valence electrons. The summed E-state index contributed by atoms with van der Waals surface area (Å²) in [6.07, 6.45) is 1.83. The number of aromatic nitrogens is 2. The summed E-state index contributed by atoms with van der Waals surface area (Å²) in [5.41, 5.74) is 8.10. The van der Waals surface area contributed by atoms with Crippen LogP contribution in [0.2, 0.25) is 0 Å². The van der Waals surface area contributed by atoms with E-state index >= 15 is 0 Å². The van der Waals surface area contributed by atoms with E-state index in [4.69, 9.17) is 4.98 Å². The van der Waals surface area contributed by atoms with Crippen molar-refractivity contribution in [2.45, 2.75) is 34.6 Å². The van der Waals surface area contributed by atoms with E-state index in [0.29, 0.717) is 0 Å². The highest BCUT2D eigenvalue weighted by Gasteiger charge is 2.12. The molecule has 2 aromatic rings. The first-order chi connectivity index (χ1) is 8.02. The van der Waals surface area contributed by atoms with Gasteiger partial charge in [0.25, 0.3) is 0 Å². The second-order valence-electron chi connectivity index (χ2n) is 4.59. The van der Waals surface area contributed by atoms with E-state index in [2.05, 4.69) is 45.7 Å². The molecule has 2 aromatic heterocycles. The highest BCUT2D eigenvalue weighted by molar-refractivity contribution is 5.64. The minimum Gasteiger partial charge on any atom is -0.254 e. The van der Waals surface area contributed by atoms with Crippen molar-refractivity contribution in [3.63, 3.8) is 0 Å². The lowest BCUT2D eigenvalue weighted by atomic mass is 9.99. The summed E-state index contributed by atoms with van der Waals surface area (Å²) in [5.74, 6) is 0. The van der Waals surface area contributed by atoms with Gasteiger partial charge in [-0.1, -0.05) is 6.07 Å². The molecule has 0 spiro atoms. The number of aryl methyl sites for hydroxylation is 2. The van der Waals surface area contributed by atoms with E-state index in [0.717, 1.165) is 17.1 Å². The molecule has 0 amide bonds. The Balaban J connectivity index is 2.73. The van der Waals surface area contributed by atoms with Gasteiger partial charge in [-0.05, 0) is 62.9 Å². The number of nitrogens with zero attached hydrogens (tertiary/aromatic N) is 2. The maximum absolute atomic E-state index is 4.70. The minimum atomic E-state index is 0.996. The number of hydrogen-bond acceptors (Lipinski definition) is 2. The Morgan fingerprint density at radius 3 is 2.18 bits per heavy atom. The Kier molecular flexibility index (Phi) is 2.97. The molecule has 0 saturated carbocycles. The molecule has 0 aliphatic carbocycles. The molecule has 0 atom stereocenters. The average molecular weight is 226 g/mol. The predicted molar refractivity (Wildman–Crippen MR) is 71.2 cm³/mol. The standard InChI is InChI=1S/C15H18N2/c1-9-7-6-8-16-14(9)15-12(4)10(2)11(3)13(5)17-15/h6-8H,1-5H3. The van der Waals surface area contributed by atoms with Crippen molar-refractivity contribution in [3.05, 3.63) is 46.3 Å². The second kappa shape index (κ2) is 4.28. The van der Waals surface area contributed by atoms with E-state index in [1.807, 2.05) is 12.3 Å². The van der Waals surface area contributed by atoms with Crippen molar-refractivity contribution in [1.82, 2.24) is 9.97 Å². The molecule has 17 heavy (non-hydrogen) atoms. The summed E-state index contributed by atoms with van der Waals surface area (Å²) in [6.45, 7) is 10.5. The zero-order valence-corrected chi connectivity index (χ0v) is 11.1. The second-order valence-corrected chi connectivity index (χ2v) is 4.59. The molecule has 0 aliphatic heterocycles. The van der Waals surface area contributed by atoms with Gasteiger partial charge in [0.05, 0.1) is 11.4 Å². The summed E-state index contributed by atoms with van der Waals surface area (Å²) in [6, 6.07) is 4.04. The Hall–Kier alpha value is -1.70. The first kappa shape index (κ1) is 11.8. The lowest BCUT2D eigenvalue weighted by molar-refractivity contribution is 1.08. The smallest absolute Gasteiger partial charge is 0.0924 e. The van der Waals surface area contributed by atoms with E-state index < -0.39 is 0 Å². The van der Waals surface area contributed by atoms with Crippen LogP contribution in [-0.2, 0) is 0 Å². The fourth-order valence-electron chi connectivity index (χ4n) is 2.03. The molecule has 0 aliphatic rings. The summed E-state index contributed by atoms with van der Waals surface area (Å²) in [7, 11) is 0.